The molecule has 0 bridgehead atoms. The molecule has 2 heterocycles. The summed E-state index contributed by atoms with van der Waals surface area (Å²) < 4.78 is 1.83. The van der Waals surface area contributed by atoms with Crippen molar-refractivity contribution in [3.63, 3.8) is 0 Å². The van der Waals surface area contributed by atoms with Crippen LogP contribution in [0.3, 0.4) is 0 Å². The molecule has 0 radical (unpaired) electrons. The molecule has 0 fully saturated rings. The minimum absolute atomic E-state index is 0.0318. The molecule has 0 aliphatic carbocycles. The Morgan fingerprint density at radius 3 is 2.76 bits per heavy atom. The fourth-order valence-electron chi connectivity index (χ4n) is 1.79. The second-order valence-corrected chi connectivity index (χ2v) is 3.86. The summed E-state index contributed by atoms with van der Waals surface area (Å²) in [7, 11) is 0. The van der Waals surface area contributed by atoms with Gasteiger partial charge in [0.05, 0.1) is 6.61 Å². The van der Waals surface area contributed by atoms with Crippen molar-refractivity contribution in [2.24, 2.45) is 0 Å². The molecule has 0 amide bonds. The maximum absolute atomic E-state index is 9.07. The van der Waals surface area contributed by atoms with Crippen LogP contribution in [0.1, 0.15) is 5.56 Å². The molecule has 4 heteroatoms. The van der Waals surface area contributed by atoms with E-state index < -0.39 is 0 Å². The Morgan fingerprint density at radius 2 is 2.00 bits per heavy atom. The van der Waals surface area contributed by atoms with Crippen molar-refractivity contribution in [1.82, 2.24) is 10.1 Å². The molecule has 0 spiro atoms. The van der Waals surface area contributed by atoms with Crippen molar-refractivity contribution in [3.8, 4) is 11.4 Å². The van der Waals surface area contributed by atoms with Gasteiger partial charge in [-0.25, -0.2) is 0 Å². The predicted octanol–water partition coefficient (Wildman–Crippen LogP) is 1.31. The minimum Gasteiger partial charge on any atom is -0.392 e. The summed E-state index contributed by atoms with van der Waals surface area (Å²) in [5.74, 6) is 0.820. The number of hydrogen-bond donors (Lipinski definition) is 2. The predicted molar refractivity (Wildman–Crippen MR) is 63.1 cm³/mol. The molecule has 17 heavy (non-hydrogen) atoms. The van der Waals surface area contributed by atoms with Crippen molar-refractivity contribution >= 4 is 5.65 Å². The van der Waals surface area contributed by atoms with Crippen LogP contribution < -0.4 is 4.52 Å². The van der Waals surface area contributed by atoms with Gasteiger partial charge in [-0.2, -0.15) is 5.10 Å². The van der Waals surface area contributed by atoms with Crippen molar-refractivity contribution in [1.29, 1.82) is 0 Å². The van der Waals surface area contributed by atoms with Gasteiger partial charge in [-0.3, -0.25) is 0 Å². The topological polar surface area (TPSA) is 53.0 Å². The van der Waals surface area contributed by atoms with E-state index in [-0.39, 0.29) is 6.61 Å². The first-order valence-electron chi connectivity index (χ1n) is 5.43. The van der Waals surface area contributed by atoms with Crippen LogP contribution in [0.2, 0.25) is 0 Å². The number of fused-ring (bicyclic) bond motifs is 1. The minimum atomic E-state index is 0.0318. The third kappa shape index (κ3) is 1.79. The molecule has 4 nitrogen and oxygen atoms in total. The Kier molecular flexibility index (Phi) is 2.34. The number of aliphatic hydroxyl groups is 1. The van der Waals surface area contributed by atoms with Gasteiger partial charge in [0.1, 0.15) is 6.20 Å². The lowest BCUT2D eigenvalue weighted by molar-refractivity contribution is -0.576. The van der Waals surface area contributed by atoms with Crippen LogP contribution in [-0.4, -0.2) is 15.2 Å². The number of hydrogen-bond acceptors (Lipinski definition) is 2. The summed E-state index contributed by atoms with van der Waals surface area (Å²) in [5.41, 5.74) is 2.70. The van der Waals surface area contributed by atoms with Crippen LogP contribution in [0.5, 0.6) is 0 Å². The Morgan fingerprint density at radius 1 is 1.18 bits per heavy atom. The Hall–Kier alpha value is -2.20. The number of pyridine rings is 1. The van der Waals surface area contributed by atoms with Crippen LogP contribution >= 0.6 is 0 Å². The van der Waals surface area contributed by atoms with Crippen LogP contribution in [0.15, 0.2) is 48.7 Å². The first kappa shape index (κ1) is 9.99. The Balaban J connectivity index is 2.14. The molecule has 0 aliphatic rings. The average Bonchev–Trinajstić information content (AvgIpc) is 2.82. The zero-order valence-electron chi connectivity index (χ0n) is 9.17. The molecule has 0 saturated heterocycles. The third-order valence-electron chi connectivity index (χ3n) is 2.68. The molecule has 1 aromatic carbocycles. The highest BCUT2D eigenvalue weighted by molar-refractivity contribution is 5.55. The number of nitrogens with zero attached hydrogens (tertiary/aromatic N) is 2. The summed E-state index contributed by atoms with van der Waals surface area (Å²) in [6.07, 6.45) is 1.86. The summed E-state index contributed by atoms with van der Waals surface area (Å²) in [6.45, 7) is 0.0318. The van der Waals surface area contributed by atoms with Gasteiger partial charge < -0.3 is 5.11 Å². The molecular weight excluding hydrogens is 214 g/mol. The zero-order chi connectivity index (χ0) is 11.7. The standard InChI is InChI=1S/C13H11N3O/c17-9-10-6-7-16-12(8-10)14-13(15-16)11-4-2-1-3-5-11/h1-8,17H,9H2/p+1. The summed E-state index contributed by atoms with van der Waals surface area (Å²) in [6, 6.07) is 13.7. The van der Waals surface area contributed by atoms with Crippen molar-refractivity contribution in [3.05, 3.63) is 54.2 Å². The van der Waals surface area contributed by atoms with E-state index in [0.29, 0.717) is 0 Å². The third-order valence-corrected chi connectivity index (χ3v) is 2.68. The number of nitrogens with one attached hydrogen (secondary N) is 1. The number of aromatic amines is 1. The van der Waals surface area contributed by atoms with Crippen LogP contribution in [-0.2, 0) is 6.61 Å². The van der Waals surface area contributed by atoms with E-state index in [4.69, 9.17) is 5.11 Å². The Labute approximate surface area is 98.2 Å². The second-order valence-electron chi connectivity index (χ2n) is 3.86. The molecule has 2 N–H and O–H groups in total. The lowest BCUT2D eigenvalue weighted by atomic mass is 10.2. The maximum Gasteiger partial charge on any atom is 0.349 e. The van der Waals surface area contributed by atoms with Gasteiger partial charge in [0.25, 0.3) is 5.82 Å². The highest BCUT2D eigenvalue weighted by atomic mass is 16.3. The van der Waals surface area contributed by atoms with Crippen molar-refractivity contribution < 1.29 is 9.62 Å². The molecule has 0 unspecified atom stereocenters. The number of benzene rings is 1. The van der Waals surface area contributed by atoms with E-state index in [1.807, 2.05) is 53.2 Å². The highest BCUT2D eigenvalue weighted by Crippen LogP contribution is 2.13. The largest absolute Gasteiger partial charge is 0.392 e. The molecule has 3 aromatic rings. The number of H-pyrrole nitrogens is 1. The van der Waals surface area contributed by atoms with E-state index in [0.717, 1.165) is 22.6 Å². The number of rotatable bonds is 2. The van der Waals surface area contributed by atoms with Gasteiger partial charge in [0.15, 0.2) is 0 Å². The number of aromatic nitrogens is 3. The molecule has 84 valence electrons. The summed E-state index contributed by atoms with van der Waals surface area (Å²) >= 11 is 0. The molecule has 3 rings (SSSR count). The van der Waals surface area contributed by atoms with Crippen LogP contribution in [0.4, 0.5) is 0 Å². The maximum atomic E-state index is 9.07. The molecule has 0 aliphatic heterocycles. The second kappa shape index (κ2) is 3.99. The van der Waals surface area contributed by atoms with E-state index in [2.05, 4.69) is 10.1 Å². The monoisotopic (exact) mass is 226 g/mol. The van der Waals surface area contributed by atoms with Gasteiger partial charge in [0, 0.05) is 11.6 Å². The lowest BCUT2D eigenvalue weighted by Crippen LogP contribution is -2.22. The first-order chi connectivity index (χ1) is 8.36. The fraction of sp³-hybridized carbons (Fsp3) is 0.0769. The van der Waals surface area contributed by atoms with E-state index >= 15 is 0 Å². The van der Waals surface area contributed by atoms with Crippen molar-refractivity contribution in [2.45, 2.75) is 6.61 Å². The normalized spacial score (nSPS) is 10.9. The smallest absolute Gasteiger partial charge is 0.349 e. The molecule has 0 atom stereocenters. The van der Waals surface area contributed by atoms with E-state index in [9.17, 15) is 0 Å². The van der Waals surface area contributed by atoms with Gasteiger partial charge >= 0.3 is 5.65 Å². The van der Waals surface area contributed by atoms with Gasteiger partial charge in [-0.15, -0.1) is 4.52 Å². The van der Waals surface area contributed by atoms with Gasteiger partial charge in [-0.1, -0.05) is 18.2 Å². The Bertz CT molecular complexity index is 646. The van der Waals surface area contributed by atoms with Gasteiger partial charge in [0.2, 0.25) is 0 Å². The summed E-state index contributed by atoms with van der Waals surface area (Å²) in [5, 5.41) is 12.3. The number of aliphatic hydroxyl groups excluding tert-OH is 1. The van der Waals surface area contributed by atoms with Gasteiger partial charge in [-0.05, 0) is 28.7 Å². The summed E-state index contributed by atoms with van der Waals surface area (Å²) in [4.78, 5) is 4.49. The lowest BCUT2D eigenvalue weighted by Gasteiger charge is -1.89. The van der Waals surface area contributed by atoms with Crippen LogP contribution in [0.25, 0.3) is 17.0 Å². The molecule has 2 aromatic heterocycles. The van der Waals surface area contributed by atoms with Crippen LogP contribution in [0, 0.1) is 0 Å². The average molecular weight is 226 g/mol. The molecule has 0 saturated carbocycles. The fourth-order valence-corrected chi connectivity index (χ4v) is 1.79. The zero-order valence-corrected chi connectivity index (χ0v) is 9.17. The highest BCUT2D eigenvalue weighted by Gasteiger charge is 2.13. The quantitative estimate of drug-likeness (QED) is 0.647. The van der Waals surface area contributed by atoms with E-state index in [1.54, 1.807) is 0 Å². The van der Waals surface area contributed by atoms with E-state index in [1.165, 1.54) is 0 Å². The SMILES string of the molecule is OCc1cc[n+]2[nH]c(-c3ccccc3)nc2c1. The van der Waals surface area contributed by atoms with Crippen molar-refractivity contribution in [2.75, 3.05) is 0 Å². The molecular formula is C13H12N3O+. The first-order valence-corrected chi connectivity index (χ1v) is 5.43.